The molecule has 4 nitrogen and oxygen atoms in total. The number of carbonyl (C=O) groups excluding carboxylic acids is 1. The summed E-state index contributed by atoms with van der Waals surface area (Å²) in [4.78, 5) is 18.3. The summed E-state index contributed by atoms with van der Waals surface area (Å²) in [7, 11) is 1.46. The Hall–Kier alpha value is -1.81. The van der Waals surface area contributed by atoms with Gasteiger partial charge in [-0.1, -0.05) is 18.2 Å². The van der Waals surface area contributed by atoms with Gasteiger partial charge in [0.2, 0.25) is 0 Å². The van der Waals surface area contributed by atoms with Gasteiger partial charge in [0.25, 0.3) is 0 Å². The van der Waals surface area contributed by atoms with E-state index in [1.807, 2.05) is 24.3 Å². The minimum Gasteiger partial charge on any atom is -0.465 e. The molecular formula is C17H20N2O2. The van der Waals surface area contributed by atoms with Crippen LogP contribution in [0.3, 0.4) is 0 Å². The molecule has 2 bridgehead atoms. The van der Waals surface area contributed by atoms with Crippen LogP contribution in [0.25, 0.3) is 10.9 Å². The average Bonchev–Trinajstić information content (AvgIpc) is 2.94. The third kappa shape index (κ3) is 1.97. The van der Waals surface area contributed by atoms with Crippen LogP contribution in [0.1, 0.15) is 34.8 Å². The minimum absolute atomic E-state index is 0.223. The van der Waals surface area contributed by atoms with E-state index in [1.165, 1.54) is 33.0 Å². The molecule has 1 atom stereocenters. The summed E-state index contributed by atoms with van der Waals surface area (Å²) in [6, 6.07) is 8.01. The van der Waals surface area contributed by atoms with E-state index in [9.17, 15) is 4.79 Å². The molecule has 3 fully saturated rings. The lowest BCUT2D eigenvalue weighted by Crippen LogP contribution is -2.46. The number of hydrogen-bond donors (Lipinski definition) is 1. The summed E-state index contributed by atoms with van der Waals surface area (Å²) < 4.78 is 5.04. The minimum atomic E-state index is -0.223. The Morgan fingerprint density at radius 3 is 2.71 bits per heavy atom. The number of methoxy groups -OCH3 is 1. The van der Waals surface area contributed by atoms with E-state index in [0.29, 0.717) is 11.8 Å². The van der Waals surface area contributed by atoms with Crippen molar-refractivity contribution in [2.24, 2.45) is 5.92 Å². The summed E-state index contributed by atoms with van der Waals surface area (Å²) in [5, 5.41) is 0.982. The Labute approximate surface area is 124 Å². The third-order valence-corrected chi connectivity index (χ3v) is 5.15. The number of H-pyrrole nitrogens is 1. The van der Waals surface area contributed by atoms with Crippen LogP contribution in [0.4, 0.5) is 0 Å². The number of benzene rings is 1. The summed E-state index contributed by atoms with van der Waals surface area (Å²) in [6.07, 6.45) is 2.47. The first-order chi connectivity index (χ1) is 10.3. The van der Waals surface area contributed by atoms with Gasteiger partial charge in [-0.05, 0) is 37.9 Å². The fourth-order valence-corrected chi connectivity index (χ4v) is 4.05. The van der Waals surface area contributed by atoms with E-state index in [4.69, 9.17) is 4.74 Å². The highest BCUT2D eigenvalue weighted by Gasteiger charge is 2.38. The number of aromatic amines is 1. The molecule has 1 aromatic heterocycles. The van der Waals surface area contributed by atoms with Crippen molar-refractivity contribution in [2.45, 2.75) is 18.8 Å². The molecule has 4 heteroatoms. The number of para-hydroxylation sites is 1. The van der Waals surface area contributed by atoms with Crippen LogP contribution in [0.2, 0.25) is 0 Å². The van der Waals surface area contributed by atoms with Crippen molar-refractivity contribution in [3.05, 3.63) is 35.5 Å². The molecule has 110 valence electrons. The first-order valence-corrected chi connectivity index (χ1v) is 7.69. The quantitative estimate of drug-likeness (QED) is 0.863. The first-order valence-electron chi connectivity index (χ1n) is 7.69. The summed E-state index contributed by atoms with van der Waals surface area (Å²) in [6.45, 7) is 3.46. The van der Waals surface area contributed by atoms with Gasteiger partial charge in [-0.15, -0.1) is 0 Å². The van der Waals surface area contributed by atoms with Crippen molar-refractivity contribution in [2.75, 3.05) is 26.7 Å². The molecule has 0 aliphatic carbocycles. The van der Waals surface area contributed by atoms with E-state index in [0.717, 1.165) is 28.7 Å². The lowest BCUT2D eigenvalue weighted by Gasteiger charge is -2.44. The first kappa shape index (κ1) is 12.9. The number of nitrogens with one attached hydrogen (secondary N) is 1. The highest BCUT2D eigenvalue weighted by Crippen LogP contribution is 2.41. The zero-order chi connectivity index (χ0) is 14.4. The molecule has 3 aliphatic rings. The van der Waals surface area contributed by atoms with E-state index in [1.54, 1.807) is 0 Å². The molecule has 1 unspecified atom stereocenters. The van der Waals surface area contributed by atoms with Crippen LogP contribution in [0, 0.1) is 5.92 Å². The number of fused-ring (bicyclic) bond motifs is 4. The lowest BCUT2D eigenvalue weighted by molar-refractivity contribution is 0.0590. The topological polar surface area (TPSA) is 45.3 Å². The van der Waals surface area contributed by atoms with Crippen LogP contribution in [-0.4, -0.2) is 42.6 Å². The monoisotopic (exact) mass is 284 g/mol. The fourth-order valence-electron chi connectivity index (χ4n) is 4.05. The van der Waals surface area contributed by atoms with Gasteiger partial charge in [-0.3, -0.25) is 0 Å². The molecule has 5 rings (SSSR count). The Balaban J connectivity index is 1.86. The van der Waals surface area contributed by atoms with Crippen LogP contribution < -0.4 is 0 Å². The van der Waals surface area contributed by atoms with Gasteiger partial charge >= 0.3 is 5.97 Å². The number of rotatable bonds is 2. The molecule has 1 N–H and O–H groups in total. The van der Waals surface area contributed by atoms with Crippen molar-refractivity contribution in [3.63, 3.8) is 0 Å². The molecule has 1 aromatic carbocycles. The average molecular weight is 284 g/mol. The van der Waals surface area contributed by atoms with Crippen molar-refractivity contribution in [1.82, 2.24) is 9.88 Å². The van der Waals surface area contributed by atoms with Crippen LogP contribution >= 0.6 is 0 Å². The van der Waals surface area contributed by atoms with Gasteiger partial charge in [0.15, 0.2) is 0 Å². The van der Waals surface area contributed by atoms with Gasteiger partial charge < -0.3 is 14.6 Å². The van der Waals surface area contributed by atoms with Crippen molar-refractivity contribution < 1.29 is 9.53 Å². The molecule has 0 saturated carbocycles. The Morgan fingerprint density at radius 2 is 2.05 bits per heavy atom. The molecule has 3 aliphatic heterocycles. The number of piperidine rings is 3. The van der Waals surface area contributed by atoms with Crippen molar-refractivity contribution in [3.8, 4) is 0 Å². The Bertz CT molecular complexity index is 683. The molecule has 0 amide bonds. The largest absolute Gasteiger partial charge is 0.465 e. The lowest BCUT2D eigenvalue weighted by atomic mass is 9.76. The molecule has 3 saturated heterocycles. The number of esters is 1. The zero-order valence-corrected chi connectivity index (χ0v) is 12.3. The normalized spacial score (nSPS) is 28.0. The van der Waals surface area contributed by atoms with Crippen molar-refractivity contribution >= 4 is 16.9 Å². The van der Waals surface area contributed by atoms with Gasteiger partial charge in [0, 0.05) is 29.1 Å². The number of nitrogens with zero attached hydrogens (tertiary/aromatic N) is 1. The molecule has 21 heavy (non-hydrogen) atoms. The standard InChI is InChI=1S/C17H20N2O2/c1-21-17(20)15-12-4-2-3-5-14(12)18-16(15)13-10-19-8-6-11(13)7-9-19/h2-5,11,13,18H,6-10H2,1H3. The van der Waals surface area contributed by atoms with E-state index < -0.39 is 0 Å². The van der Waals surface area contributed by atoms with Crippen LogP contribution in [0.15, 0.2) is 24.3 Å². The second-order valence-corrected chi connectivity index (χ2v) is 6.20. The number of hydrogen-bond acceptors (Lipinski definition) is 3. The molecule has 4 heterocycles. The van der Waals surface area contributed by atoms with Gasteiger partial charge in [0.1, 0.15) is 0 Å². The highest BCUT2D eigenvalue weighted by atomic mass is 16.5. The fraction of sp³-hybridized carbons (Fsp3) is 0.471. The van der Waals surface area contributed by atoms with Gasteiger partial charge in [0.05, 0.1) is 12.7 Å². The summed E-state index contributed by atoms with van der Waals surface area (Å²) in [5.41, 5.74) is 2.86. The van der Waals surface area contributed by atoms with E-state index >= 15 is 0 Å². The van der Waals surface area contributed by atoms with E-state index in [2.05, 4.69) is 9.88 Å². The van der Waals surface area contributed by atoms with Crippen LogP contribution in [-0.2, 0) is 4.74 Å². The van der Waals surface area contributed by atoms with E-state index in [-0.39, 0.29) is 5.97 Å². The summed E-state index contributed by atoms with van der Waals surface area (Å²) >= 11 is 0. The maximum absolute atomic E-state index is 12.3. The number of carbonyl (C=O) groups is 1. The second kappa shape index (κ2) is 4.88. The smallest absolute Gasteiger partial charge is 0.340 e. The SMILES string of the molecule is COC(=O)c1c(C2CN3CCC2CC3)[nH]c2ccccc12. The zero-order valence-electron chi connectivity index (χ0n) is 12.3. The predicted molar refractivity (Wildman–Crippen MR) is 81.5 cm³/mol. The number of ether oxygens (including phenoxy) is 1. The maximum Gasteiger partial charge on any atom is 0.340 e. The molecular weight excluding hydrogens is 264 g/mol. The third-order valence-electron chi connectivity index (χ3n) is 5.15. The predicted octanol–water partition coefficient (Wildman–Crippen LogP) is 2.76. The molecule has 2 aromatic rings. The van der Waals surface area contributed by atoms with Gasteiger partial charge in [-0.25, -0.2) is 4.79 Å². The second-order valence-electron chi connectivity index (χ2n) is 6.20. The highest BCUT2D eigenvalue weighted by molar-refractivity contribution is 6.05. The van der Waals surface area contributed by atoms with Crippen molar-refractivity contribution in [1.29, 1.82) is 0 Å². The Kier molecular flexibility index (Phi) is 3.00. The van der Waals surface area contributed by atoms with Crippen LogP contribution in [0.5, 0.6) is 0 Å². The van der Waals surface area contributed by atoms with Gasteiger partial charge in [-0.2, -0.15) is 0 Å². The number of aromatic nitrogens is 1. The molecule has 0 radical (unpaired) electrons. The summed E-state index contributed by atoms with van der Waals surface area (Å²) in [5.74, 6) is 0.888. The Morgan fingerprint density at radius 1 is 1.29 bits per heavy atom. The molecule has 0 spiro atoms. The maximum atomic E-state index is 12.3.